The maximum atomic E-state index is 13.4. The van der Waals surface area contributed by atoms with Gasteiger partial charge in [0, 0.05) is 50.8 Å². The van der Waals surface area contributed by atoms with E-state index in [4.69, 9.17) is 4.74 Å². The van der Waals surface area contributed by atoms with Crippen molar-refractivity contribution in [2.24, 2.45) is 5.92 Å². The maximum absolute atomic E-state index is 13.4. The molecule has 1 saturated heterocycles. The molecule has 6 nitrogen and oxygen atoms in total. The zero-order valence-electron chi connectivity index (χ0n) is 16.6. The average Bonchev–Trinajstić information content (AvgIpc) is 2.73. The van der Waals surface area contributed by atoms with Crippen molar-refractivity contribution in [2.45, 2.75) is 51.0 Å². The van der Waals surface area contributed by atoms with Crippen LogP contribution in [-0.4, -0.2) is 60.7 Å². The van der Waals surface area contributed by atoms with Crippen LogP contribution in [0.15, 0.2) is 24.5 Å². The lowest BCUT2D eigenvalue weighted by molar-refractivity contribution is -0.165. The Labute approximate surface area is 163 Å². The molecule has 0 radical (unpaired) electrons. The molecule has 6 heteroatoms. The first-order valence-corrected chi connectivity index (χ1v) is 10.5. The van der Waals surface area contributed by atoms with Crippen molar-refractivity contribution < 1.29 is 9.53 Å². The Bertz CT molecular complexity index is 551. The number of hydrogen-bond acceptors (Lipinski definition) is 6. The highest BCUT2D eigenvalue weighted by atomic mass is 16.5. The second-order valence-corrected chi connectivity index (χ2v) is 7.63. The van der Waals surface area contributed by atoms with Crippen LogP contribution in [0.3, 0.4) is 0 Å². The molecule has 0 amide bonds. The topological polar surface area (TPSA) is 66.5 Å². The van der Waals surface area contributed by atoms with E-state index in [-0.39, 0.29) is 5.97 Å². The molecule has 150 valence electrons. The third kappa shape index (κ3) is 4.79. The summed E-state index contributed by atoms with van der Waals surface area (Å²) >= 11 is 0. The second kappa shape index (κ2) is 10.0. The van der Waals surface area contributed by atoms with Gasteiger partial charge < -0.3 is 15.4 Å². The Hall–Kier alpha value is -1.66. The molecule has 3 rings (SSSR count). The van der Waals surface area contributed by atoms with Crippen LogP contribution in [0.4, 0.5) is 5.69 Å². The molecule has 2 heterocycles. The van der Waals surface area contributed by atoms with E-state index < -0.39 is 5.54 Å². The zero-order valence-corrected chi connectivity index (χ0v) is 16.6. The van der Waals surface area contributed by atoms with Crippen molar-refractivity contribution >= 4 is 11.7 Å². The van der Waals surface area contributed by atoms with E-state index in [1.165, 1.54) is 19.3 Å². The number of pyridine rings is 1. The number of carbonyl (C=O) groups is 1. The zero-order chi connectivity index (χ0) is 19.0. The van der Waals surface area contributed by atoms with Gasteiger partial charge in [-0.3, -0.25) is 14.7 Å². The number of ether oxygens (including phenoxy) is 1. The molecular weight excluding hydrogens is 340 g/mol. The molecule has 1 aliphatic carbocycles. The predicted molar refractivity (Wildman–Crippen MR) is 108 cm³/mol. The molecule has 27 heavy (non-hydrogen) atoms. The summed E-state index contributed by atoms with van der Waals surface area (Å²) in [6.45, 7) is 6.80. The van der Waals surface area contributed by atoms with Crippen LogP contribution in [-0.2, 0) is 9.53 Å². The molecular formula is C21H34N4O2. The number of hydrogen-bond donors (Lipinski definition) is 2. The van der Waals surface area contributed by atoms with E-state index in [2.05, 4.69) is 20.5 Å². The molecule has 1 atom stereocenters. The van der Waals surface area contributed by atoms with Crippen LogP contribution >= 0.6 is 0 Å². The van der Waals surface area contributed by atoms with E-state index in [0.717, 1.165) is 57.7 Å². The van der Waals surface area contributed by atoms with Crippen LogP contribution in [0.5, 0.6) is 0 Å². The molecule has 1 aromatic rings. The summed E-state index contributed by atoms with van der Waals surface area (Å²) in [5.74, 6) is 0.359. The van der Waals surface area contributed by atoms with Crippen LogP contribution < -0.4 is 10.6 Å². The highest BCUT2D eigenvalue weighted by molar-refractivity contribution is 5.81. The van der Waals surface area contributed by atoms with Gasteiger partial charge in [-0.15, -0.1) is 0 Å². The third-order valence-corrected chi connectivity index (χ3v) is 6.11. The monoisotopic (exact) mass is 374 g/mol. The van der Waals surface area contributed by atoms with Crippen LogP contribution in [0, 0.1) is 5.92 Å². The largest absolute Gasteiger partial charge is 0.465 e. The van der Waals surface area contributed by atoms with Gasteiger partial charge in [0.1, 0.15) is 5.54 Å². The van der Waals surface area contributed by atoms with Crippen molar-refractivity contribution in [2.75, 3.05) is 44.6 Å². The van der Waals surface area contributed by atoms with Crippen LogP contribution in [0.25, 0.3) is 0 Å². The van der Waals surface area contributed by atoms with Crippen LogP contribution in [0.2, 0.25) is 0 Å². The lowest BCUT2D eigenvalue weighted by atomic mass is 9.71. The fraction of sp³-hybridized carbons (Fsp3) is 0.714. The standard InChI is InChI=1S/C21H34N4O2/c1-2-27-20(26)21(18-6-4-3-5-7-18,25-16-14-23-15-17-25)10-13-24-19-8-11-22-12-9-19/h8-9,11-12,18,23H,2-7,10,13-17H2,1H3,(H,22,24). The Kier molecular flexibility index (Phi) is 7.47. The first kappa shape index (κ1) is 20.1. The lowest BCUT2D eigenvalue weighted by Gasteiger charge is -2.49. The van der Waals surface area contributed by atoms with Gasteiger partial charge >= 0.3 is 5.97 Å². The Morgan fingerprint density at radius 2 is 1.96 bits per heavy atom. The minimum absolute atomic E-state index is 0.0182. The van der Waals surface area contributed by atoms with E-state index in [1.807, 2.05) is 19.1 Å². The van der Waals surface area contributed by atoms with Crippen molar-refractivity contribution in [3.05, 3.63) is 24.5 Å². The second-order valence-electron chi connectivity index (χ2n) is 7.63. The molecule has 1 aliphatic heterocycles. The summed E-state index contributed by atoms with van der Waals surface area (Å²) in [5, 5.41) is 6.91. The Morgan fingerprint density at radius 1 is 1.26 bits per heavy atom. The minimum atomic E-state index is -0.515. The van der Waals surface area contributed by atoms with E-state index in [9.17, 15) is 4.79 Å². The van der Waals surface area contributed by atoms with Gasteiger partial charge in [-0.1, -0.05) is 19.3 Å². The number of aromatic nitrogens is 1. The van der Waals surface area contributed by atoms with Gasteiger partial charge in [-0.05, 0) is 44.2 Å². The van der Waals surface area contributed by atoms with E-state index >= 15 is 0 Å². The van der Waals surface area contributed by atoms with E-state index in [1.54, 1.807) is 12.4 Å². The fourth-order valence-electron chi connectivity index (χ4n) is 4.79. The first-order chi connectivity index (χ1) is 13.3. The fourth-order valence-corrected chi connectivity index (χ4v) is 4.79. The molecule has 1 aromatic heterocycles. The van der Waals surface area contributed by atoms with Gasteiger partial charge in [-0.2, -0.15) is 0 Å². The average molecular weight is 375 g/mol. The number of rotatable bonds is 8. The SMILES string of the molecule is CCOC(=O)C(CCNc1ccncc1)(C1CCCCC1)N1CCNCC1. The van der Waals surface area contributed by atoms with E-state index in [0.29, 0.717) is 12.5 Å². The lowest BCUT2D eigenvalue weighted by Crippen LogP contribution is -2.65. The number of nitrogens with zero attached hydrogens (tertiary/aromatic N) is 2. The van der Waals surface area contributed by atoms with Crippen molar-refractivity contribution in [1.29, 1.82) is 0 Å². The van der Waals surface area contributed by atoms with Gasteiger partial charge in [-0.25, -0.2) is 0 Å². The van der Waals surface area contributed by atoms with Gasteiger partial charge in [0.15, 0.2) is 0 Å². The van der Waals surface area contributed by atoms with Gasteiger partial charge in [0.05, 0.1) is 6.61 Å². The summed E-state index contributed by atoms with van der Waals surface area (Å²) in [5.41, 5.74) is 0.533. The molecule has 1 unspecified atom stereocenters. The quantitative estimate of drug-likeness (QED) is 0.682. The molecule has 2 N–H and O–H groups in total. The van der Waals surface area contributed by atoms with Gasteiger partial charge in [0.25, 0.3) is 0 Å². The van der Waals surface area contributed by atoms with Crippen molar-refractivity contribution in [1.82, 2.24) is 15.2 Å². The highest BCUT2D eigenvalue weighted by Gasteiger charge is 2.51. The van der Waals surface area contributed by atoms with Crippen molar-refractivity contribution in [3.63, 3.8) is 0 Å². The third-order valence-electron chi connectivity index (χ3n) is 6.11. The first-order valence-electron chi connectivity index (χ1n) is 10.5. The molecule has 0 spiro atoms. The summed E-state index contributed by atoms with van der Waals surface area (Å²) in [7, 11) is 0. The molecule has 1 saturated carbocycles. The Balaban J connectivity index is 1.82. The maximum Gasteiger partial charge on any atom is 0.326 e. The minimum Gasteiger partial charge on any atom is -0.465 e. The number of carbonyl (C=O) groups excluding carboxylic acids is 1. The normalized spacial score (nSPS) is 21.4. The molecule has 0 aromatic carbocycles. The predicted octanol–water partition coefficient (Wildman–Crippen LogP) is 2.67. The highest BCUT2D eigenvalue weighted by Crippen LogP contribution is 2.40. The molecule has 2 aliphatic rings. The summed E-state index contributed by atoms with van der Waals surface area (Å²) < 4.78 is 5.68. The van der Waals surface area contributed by atoms with Gasteiger partial charge in [0.2, 0.25) is 0 Å². The van der Waals surface area contributed by atoms with Crippen molar-refractivity contribution in [3.8, 4) is 0 Å². The number of nitrogens with one attached hydrogen (secondary N) is 2. The summed E-state index contributed by atoms with van der Waals surface area (Å²) in [6, 6.07) is 3.94. The van der Waals surface area contributed by atoms with Crippen LogP contribution in [0.1, 0.15) is 45.4 Å². The summed E-state index contributed by atoms with van der Waals surface area (Å²) in [6.07, 6.45) is 10.3. The summed E-state index contributed by atoms with van der Waals surface area (Å²) in [4.78, 5) is 19.9. The number of esters is 1. The Morgan fingerprint density at radius 3 is 2.63 bits per heavy atom. The number of anilines is 1. The number of piperazine rings is 1. The molecule has 0 bridgehead atoms. The smallest absolute Gasteiger partial charge is 0.326 e. The molecule has 2 fully saturated rings.